The molecule has 0 radical (unpaired) electrons. The van der Waals surface area contributed by atoms with E-state index in [0.717, 1.165) is 19.4 Å². The minimum Gasteiger partial charge on any atom is -0.469 e. The van der Waals surface area contributed by atoms with E-state index in [1.54, 1.807) is 25.1 Å². The zero-order chi connectivity index (χ0) is 16.2. The summed E-state index contributed by atoms with van der Waals surface area (Å²) in [4.78, 5) is 12.1. The molecule has 2 heterocycles. The Labute approximate surface area is 133 Å². The van der Waals surface area contributed by atoms with Gasteiger partial charge in [-0.05, 0) is 44.0 Å². The van der Waals surface area contributed by atoms with Crippen LogP contribution in [0.5, 0.6) is 0 Å². The predicted octanol–water partition coefficient (Wildman–Crippen LogP) is 3.57. The molecule has 0 unspecified atom stereocenters. The first-order valence-electron chi connectivity index (χ1n) is 7.64. The van der Waals surface area contributed by atoms with E-state index in [9.17, 15) is 9.18 Å². The summed E-state index contributed by atoms with van der Waals surface area (Å²) < 4.78 is 24.7. The fraction of sp³-hybridized carbons (Fsp3) is 0.353. The molecule has 1 atom stereocenters. The lowest BCUT2D eigenvalue weighted by Crippen LogP contribution is -2.19. The van der Waals surface area contributed by atoms with Crippen LogP contribution in [0.25, 0.3) is 0 Å². The van der Waals surface area contributed by atoms with Gasteiger partial charge in [-0.1, -0.05) is 0 Å². The molecule has 0 aliphatic carbocycles. The second-order valence-electron chi connectivity index (χ2n) is 5.56. The van der Waals surface area contributed by atoms with Crippen molar-refractivity contribution in [1.29, 1.82) is 0 Å². The van der Waals surface area contributed by atoms with E-state index >= 15 is 0 Å². The minimum atomic E-state index is -0.412. The van der Waals surface area contributed by atoms with Gasteiger partial charge in [-0.15, -0.1) is 0 Å². The van der Waals surface area contributed by atoms with E-state index < -0.39 is 5.82 Å². The maximum atomic E-state index is 14.1. The van der Waals surface area contributed by atoms with Crippen LogP contribution in [-0.2, 0) is 4.74 Å². The van der Waals surface area contributed by atoms with Crippen molar-refractivity contribution in [1.82, 2.24) is 0 Å². The third-order valence-corrected chi connectivity index (χ3v) is 3.87. The Morgan fingerprint density at radius 3 is 2.91 bits per heavy atom. The topological polar surface area (TPSA) is 63.5 Å². The third kappa shape index (κ3) is 3.71. The summed E-state index contributed by atoms with van der Waals surface area (Å²) in [5.41, 5.74) is 1.24. The Bertz CT molecular complexity index is 693. The van der Waals surface area contributed by atoms with Crippen LogP contribution in [0.15, 0.2) is 34.9 Å². The van der Waals surface area contributed by atoms with E-state index in [2.05, 4.69) is 10.6 Å². The number of ether oxygens (including phenoxy) is 1. The summed E-state index contributed by atoms with van der Waals surface area (Å²) in [6.07, 6.45) is 3.63. The van der Waals surface area contributed by atoms with Crippen molar-refractivity contribution < 1.29 is 18.3 Å². The molecular formula is C17H19FN2O3. The fourth-order valence-corrected chi connectivity index (χ4v) is 2.58. The Balaban J connectivity index is 1.62. The van der Waals surface area contributed by atoms with Crippen LogP contribution in [0.3, 0.4) is 0 Å². The molecule has 1 amide bonds. The number of benzene rings is 1. The van der Waals surface area contributed by atoms with Crippen molar-refractivity contribution >= 4 is 17.3 Å². The number of aryl methyl sites for hydroxylation is 1. The van der Waals surface area contributed by atoms with Crippen molar-refractivity contribution in [2.75, 3.05) is 23.8 Å². The van der Waals surface area contributed by atoms with Gasteiger partial charge in [0.05, 0.1) is 23.6 Å². The lowest BCUT2D eigenvalue weighted by molar-refractivity contribution is 0.102. The molecule has 3 rings (SSSR count). The molecule has 23 heavy (non-hydrogen) atoms. The van der Waals surface area contributed by atoms with Gasteiger partial charge in [0, 0.05) is 18.8 Å². The lowest BCUT2D eigenvalue weighted by Gasteiger charge is -2.13. The molecule has 122 valence electrons. The standard InChI is InChI=1S/C17H19FN2O3/c1-11-14(6-8-22-11)17(21)20-12-4-5-16(15(18)9-12)19-10-13-3-2-7-23-13/h4-6,8-9,13,19H,2-3,7,10H2,1H3,(H,20,21)/t13-/m1/s1. The monoisotopic (exact) mass is 318 g/mol. The Morgan fingerprint density at radius 1 is 1.39 bits per heavy atom. The van der Waals surface area contributed by atoms with Crippen molar-refractivity contribution in [3.8, 4) is 0 Å². The second-order valence-corrected chi connectivity index (χ2v) is 5.56. The van der Waals surface area contributed by atoms with Crippen LogP contribution in [0.4, 0.5) is 15.8 Å². The summed E-state index contributed by atoms with van der Waals surface area (Å²) in [5.74, 6) is -0.210. The van der Waals surface area contributed by atoms with Crippen LogP contribution in [0, 0.1) is 12.7 Å². The first-order chi connectivity index (χ1) is 11.1. The summed E-state index contributed by atoms with van der Waals surface area (Å²) in [6, 6.07) is 6.15. The molecule has 2 aromatic rings. The zero-order valence-corrected chi connectivity index (χ0v) is 12.9. The van der Waals surface area contributed by atoms with Crippen LogP contribution >= 0.6 is 0 Å². The molecule has 5 nitrogen and oxygen atoms in total. The van der Waals surface area contributed by atoms with Crippen LogP contribution in [0.2, 0.25) is 0 Å². The summed E-state index contributed by atoms with van der Waals surface area (Å²) >= 11 is 0. The molecule has 2 N–H and O–H groups in total. The van der Waals surface area contributed by atoms with Gasteiger partial charge in [0.15, 0.2) is 0 Å². The SMILES string of the molecule is Cc1occc1C(=O)Nc1ccc(NC[C@H]2CCCO2)c(F)c1. The van der Waals surface area contributed by atoms with Gasteiger partial charge in [0.1, 0.15) is 11.6 Å². The quantitative estimate of drug-likeness (QED) is 0.884. The van der Waals surface area contributed by atoms with E-state index in [1.165, 1.54) is 12.3 Å². The van der Waals surface area contributed by atoms with Crippen molar-refractivity contribution in [3.05, 3.63) is 47.7 Å². The number of amides is 1. The smallest absolute Gasteiger partial charge is 0.259 e. The molecule has 1 saturated heterocycles. The first-order valence-corrected chi connectivity index (χ1v) is 7.64. The maximum Gasteiger partial charge on any atom is 0.259 e. The highest BCUT2D eigenvalue weighted by atomic mass is 19.1. The summed E-state index contributed by atoms with van der Waals surface area (Å²) in [6.45, 7) is 3.05. The molecule has 1 fully saturated rings. The van der Waals surface area contributed by atoms with E-state index in [4.69, 9.17) is 9.15 Å². The molecule has 6 heteroatoms. The molecule has 1 aliphatic heterocycles. The van der Waals surface area contributed by atoms with Gasteiger partial charge >= 0.3 is 0 Å². The summed E-state index contributed by atoms with van der Waals surface area (Å²) in [5, 5.41) is 5.70. The number of halogens is 1. The highest BCUT2D eigenvalue weighted by Gasteiger charge is 2.16. The van der Waals surface area contributed by atoms with E-state index in [1.807, 2.05) is 0 Å². The number of anilines is 2. The van der Waals surface area contributed by atoms with E-state index in [0.29, 0.717) is 29.2 Å². The highest BCUT2D eigenvalue weighted by molar-refractivity contribution is 6.04. The van der Waals surface area contributed by atoms with Crippen LogP contribution < -0.4 is 10.6 Å². The average molecular weight is 318 g/mol. The Morgan fingerprint density at radius 2 is 2.26 bits per heavy atom. The molecule has 0 spiro atoms. The minimum absolute atomic E-state index is 0.137. The van der Waals surface area contributed by atoms with Gasteiger partial charge in [-0.2, -0.15) is 0 Å². The van der Waals surface area contributed by atoms with Crippen LogP contribution in [0.1, 0.15) is 29.0 Å². The molecule has 1 aromatic heterocycles. The van der Waals surface area contributed by atoms with Crippen molar-refractivity contribution in [2.24, 2.45) is 0 Å². The van der Waals surface area contributed by atoms with Gasteiger partial charge < -0.3 is 19.8 Å². The molecule has 0 saturated carbocycles. The number of furan rings is 1. The lowest BCUT2D eigenvalue weighted by atomic mass is 10.2. The molecule has 1 aromatic carbocycles. The van der Waals surface area contributed by atoms with Crippen LogP contribution in [-0.4, -0.2) is 25.2 Å². The number of carbonyl (C=O) groups excluding carboxylic acids is 1. The number of hydrogen-bond acceptors (Lipinski definition) is 4. The van der Waals surface area contributed by atoms with Gasteiger partial charge in [0.25, 0.3) is 5.91 Å². The predicted molar refractivity (Wildman–Crippen MR) is 85.3 cm³/mol. The number of nitrogens with one attached hydrogen (secondary N) is 2. The largest absolute Gasteiger partial charge is 0.469 e. The Kier molecular flexibility index (Phi) is 4.62. The van der Waals surface area contributed by atoms with Gasteiger partial charge in [-0.3, -0.25) is 4.79 Å². The number of rotatable bonds is 5. The zero-order valence-electron chi connectivity index (χ0n) is 12.9. The average Bonchev–Trinajstić information content (AvgIpc) is 3.17. The summed E-state index contributed by atoms with van der Waals surface area (Å²) in [7, 11) is 0. The first kappa shape index (κ1) is 15.6. The van der Waals surface area contributed by atoms with Crippen molar-refractivity contribution in [2.45, 2.75) is 25.9 Å². The van der Waals surface area contributed by atoms with Crippen molar-refractivity contribution in [3.63, 3.8) is 0 Å². The molecular weight excluding hydrogens is 299 g/mol. The Hall–Kier alpha value is -2.34. The number of hydrogen-bond donors (Lipinski definition) is 2. The maximum absolute atomic E-state index is 14.1. The molecule has 0 bridgehead atoms. The van der Waals surface area contributed by atoms with Gasteiger partial charge in [-0.25, -0.2) is 4.39 Å². The normalized spacial score (nSPS) is 17.2. The third-order valence-electron chi connectivity index (χ3n) is 3.87. The number of carbonyl (C=O) groups is 1. The second kappa shape index (κ2) is 6.83. The van der Waals surface area contributed by atoms with Gasteiger partial charge in [0.2, 0.25) is 0 Å². The molecule has 1 aliphatic rings. The van der Waals surface area contributed by atoms with E-state index in [-0.39, 0.29) is 12.0 Å². The highest BCUT2D eigenvalue weighted by Crippen LogP contribution is 2.21. The fourth-order valence-electron chi connectivity index (χ4n) is 2.58.